The Kier molecular flexibility index (Phi) is 5.25. The predicted octanol–water partition coefficient (Wildman–Crippen LogP) is 3.58. The van der Waals surface area contributed by atoms with Crippen molar-refractivity contribution in [2.24, 2.45) is 5.73 Å². The van der Waals surface area contributed by atoms with Gasteiger partial charge in [0.25, 0.3) is 0 Å². The van der Waals surface area contributed by atoms with Crippen LogP contribution in [0.3, 0.4) is 0 Å². The zero-order chi connectivity index (χ0) is 13.7. The van der Waals surface area contributed by atoms with E-state index in [1.165, 1.54) is 16.1 Å². The quantitative estimate of drug-likeness (QED) is 0.882. The Labute approximate surface area is 123 Å². The van der Waals surface area contributed by atoms with Crippen molar-refractivity contribution in [1.29, 1.82) is 0 Å². The van der Waals surface area contributed by atoms with Crippen LogP contribution in [-0.2, 0) is 12.8 Å². The van der Waals surface area contributed by atoms with Crippen LogP contribution in [0.2, 0.25) is 5.02 Å². The van der Waals surface area contributed by atoms with Gasteiger partial charge in [-0.15, -0.1) is 11.3 Å². The van der Waals surface area contributed by atoms with Gasteiger partial charge >= 0.3 is 0 Å². The highest BCUT2D eigenvalue weighted by atomic mass is 35.5. The molecule has 2 nitrogen and oxygen atoms in total. The molecule has 0 saturated carbocycles. The summed E-state index contributed by atoms with van der Waals surface area (Å²) in [5, 5.41) is 2.90. The Morgan fingerprint density at radius 3 is 2.79 bits per heavy atom. The third kappa shape index (κ3) is 3.96. The standard InChI is InChI=1S/C15H19ClN2S/c1-18(9-7-14-3-2-10-19-14)15-5-4-13(16)11-12(15)6-8-17/h2-5,10-11H,6-9,17H2,1H3. The zero-order valence-corrected chi connectivity index (χ0v) is 12.7. The molecule has 0 fully saturated rings. The van der Waals surface area contributed by atoms with Crippen LogP contribution in [0.1, 0.15) is 10.4 Å². The predicted molar refractivity (Wildman–Crippen MR) is 85.5 cm³/mol. The number of benzene rings is 1. The van der Waals surface area contributed by atoms with Gasteiger partial charge < -0.3 is 10.6 Å². The van der Waals surface area contributed by atoms with Gasteiger partial charge in [0.05, 0.1) is 0 Å². The second kappa shape index (κ2) is 6.94. The molecule has 0 saturated heterocycles. The molecule has 0 atom stereocenters. The first-order valence-corrected chi connectivity index (χ1v) is 7.68. The third-order valence-corrected chi connectivity index (χ3v) is 4.31. The van der Waals surface area contributed by atoms with E-state index in [1.807, 2.05) is 23.5 Å². The van der Waals surface area contributed by atoms with Crippen molar-refractivity contribution in [1.82, 2.24) is 0 Å². The van der Waals surface area contributed by atoms with Gasteiger partial charge in [0.2, 0.25) is 0 Å². The molecule has 0 spiro atoms. The van der Waals surface area contributed by atoms with Crippen molar-refractivity contribution >= 4 is 28.6 Å². The topological polar surface area (TPSA) is 29.3 Å². The Hall–Kier alpha value is -1.03. The highest BCUT2D eigenvalue weighted by Gasteiger charge is 2.08. The fourth-order valence-electron chi connectivity index (χ4n) is 2.14. The lowest BCUT2D eigenvalue weighted by Crippen LogP contribution is -2.22. The van der Waals surface area contributed by atoms with E-state index in [4.69, 9.17) is 17.3 Å². The molecule has 0 amide bonds. The Balaban J connectivity index is 2.07. The van der Waals surface area contributed by atoms with Crippen LogP contribution in [0, 0.1) is 0 Å². The van der Waals surface area contributed by atoms with E-state index >= 15 is 0 Å². The van der Waals surface area contributed by atoms with Crippen LogP contribution in [0.25, 0.3) is 0 Å². The average molecular weight is 295 g/mol. The second-order valence-electron chi connectivity index (χ2n) is 4.56. The van der Waals surface area contributed by atoms with Crippen LogP contribution in [0.5, 0.6) is 0 Å². The Morgan fingerprint density at radius 2 is 2.11 bits per heavy atom. The van der Waals surface area contributed by atoms with Crippen molar-refractivity contribution in [3.63, 3.8) is 0 Å². The maximum atomic E-state index is 6.06. The smallest absolute Gasteiger partial charge is 0.0410 e. The number of hydrogen-bond donors (Lipinski definition) is 1. The minimum atomic E-state index is 0.645. The van der Waals surface area contributed by atoms with E-state index in [2.05, 4.69) is 35.5 Å². The van der Waals surface area contributed by atoms with Crippen LogP contribution in [0.15, 0.2) is 35.7 Å². The summed E-state index contributed by atoms with van der Waals surface area (Å²) in [6, 6.07) is 10.3. The molecule has 1 aromatic heterocycles. The molecule has 4 heteroatoms. The number of anilines is 1. The lowest BCUT2D eigenvalue weighted by atomic mass is 10.1. The molecule has 1 aromatic carbocycles. The van der Waals surface area contributed by atoms with E-state index < -0.39 is 0 Å². The van der Waals surface area contributed by atoms with Crippen molar-refractivity contribution in [3.05, 3.63) is 51.2 Å². The molecule has 0 aliphatic heterocycles. The summed E-state index contributed by atoms with van der Waals surface area (Å²) >= 11 is 7.87. The van der Waals surface area contributed by atoms with Gasteiger partial charge in [0.15, 0.2) is 0 Å². The van der Waals surface area contributed by atoms with Crippen molar-refractivity contribution in [3.8, 4) is 0 Å². The van der Waals surface area contributed by atoms with Crippen molar-refractivity contribution in [2.45, 2.75) is 12.8 Å². The zero-order valence-electron chi connectivity index (χ0n) is 11.1. The van der Waals surface area contributed by atoms with Gasteiger partial charge in [-0.05, 0) is 54.6 Å². The summed E-state index contributed by atoms with van der Waals surface area (Å²) in [4.78, 5) is 3.70. The van der Waals surface area contributed by atoms with Gasteiger partial charge in [0.1, 0.15) is 0 Å². The van der Waals surface area contributed by atoms with Gasteiger partial charge in [-0.25, -0.2) is 0 Å². The Morgan fingerprint density at radius 1 is 1.26 bits per heavy atom. The molecule has 0 bridgehead atoms. The number of nitrogens with two attached hydrogens (primary N) is 1. The lowest BCUT2D eigenvalue weighted by Gasteiger charge is -2.22. The summed E-state index contributed by atoms with van der Waals surface area (Å²) in [5.74, 6) is 0. The normalized spacial score (nSPS) is 10.7. The molecular weight excluding hydrogens is 276 g/mol. The molecular formula is C15H19ClN2S. The summed E-state index contributed by atoms with van der Waals surface area (Å²) < 4.78 is 0. The lowest BCUT2D eigenvalue weighted by molar-refractivity contribution is 0.869. The largest absolute Gasteiger partial charge is 0.374 e. The second-order valence-corrected chi connectivity index (χ2v) is 6.03. The van der Waals surface area contributed by atoms with Crippen LogP contribution in [0.4, 0.5) is 5.69 Å². The fraction of sp³-hybridized carbons (Fsp3) is 0.333. The maximum Gasteiger partial charge on any atom is 0.0410 e. The SMILES string of the molecule is CN(CCc1cccs1)c1ccc(Cl)cc1CCN. The third-order valence-electron chi connectivity index (χ3n) is 3.14. The molecule has 1 heterocycles. The first-order valence-electron chi connectivity index (χ1n) is 6.42. The molecule has 102 valence electrons. The monoisotopic (exact) mass is 294 g/mol. The molecule has 0 aliphatic rings. The van der Waals surface area contributed by atoms with Gasteiger partial charge in [-0.3, -0.25) is 0 Å². The van der Waals surface area contributed by atoms with E-state index in [-0.39, 0.29) is 0 Å². The first-order chi connectivity index (χ1) is 9.20. The number of likely N-dealkylation sites (N-methyl/N-ethyl adjacent to an activating group) is 1. The van der Waals surface area contributed by atoms with Crippen LogP contribution < -0.4 is 10.6 Å². The van der Waals surface area contributed by atoms with Crippen LogP contribution in [-0.4, -0.2) is 20.1 Å². The van der Waals surface area contributed by atoms with E-state index in [1.54, 1.807) is 0 Å². The molecule has 2 N–H and O–H groups in total. The number of rotatable bonds is 6. The summed E-state index contributed by atoms with van der Waals surface area (Å²) in [6.07, 6.45) is 1.93. The van der Waals surface area contributed by atoms with Gasteiger partial charge in [-0.1, -0.05) is 17.7 Å². The van der Waals surface area contributed by atoms with Crippen molar-refractivity contribution in [2.75, 3.05) is 25.0 Å². The van der Waals surface area contributed by atoms with E-state index in [9.17, 15) is 0 Å². The molecule has 0 aliphatic carbocycles. The van der Waals surface area contributed by atoms with E-state index in [0.29, 0.717) is 6.54 Å². The number of hydrogen-bond acceptors (Lipinski definition) is 3. The summed E-state index contributed by atoms with van der Waals surface area (Å²) in [5.41, 5.74) is 8.12. The summed E-state index contributed by atoms with van der Waals surface area (Å²) in [6.45, 7) is 1.64. The minimum Gasteiger partial charge on any atom is -0.374 e. The fourth-order valence-corrected chi connectivity index (χ4v) is 3.03. The minimum absolute atomic E-state index is 0.645. The Bertz CT molecular complexity index is 511. The maximum absolute atomic E-state index is 6.06. The average Bonchev–Trinajstić information content (AvgIpc) is 2.90. The molecule has 0 radical (unpaired) electrons. The number of halogens is 1. The summed E-state index contributed by atoms with van der Waals surface area (Å²) in [7, 11) is 2.12. The molecule has 19 heavy (non-hydrogen) atoms. The van der Waals surface area contributed by atoms with Crippen molar-refractivity contribution < 1.29 is 0 Å². The first kappa shape index (κ1) is 14.4. The molecule has 2 aromatic rings. The van der Waals surface area contributed by atoms with Gasteiger partial charge in [-0.2, -0.15) is 0 Å². The van der Waals surface area contributed by atoms with Gasteiger partial charge in [0, 0.05) is 29.2 Å². The molecule has 2 rings (SSSR count). The number of thiophene rings is 1. The number of nitrogens with zero attached hydrogens (tertiary/aromatic N) is 1. The highest BCUT2D eigenvalue weighted by molar-refractivity contribution is 7.09. The van der Waals surface area contributed by atoms with Crippen LogP contribution >= 0.6 is 22.9 Å². The molecule has 0 unspecified atom stereocenters. The highest BCUT2D eigenvalue weighted by Crippen LogP contribution is 2.24. The van der Waals surface area contributed by atoms with E-state index in [0.717, 1.165) is 24.4 Å².